The first-order valence-corrected chi connectivity index (χ1v) is 37.8. The van der Waals surface area contributed by atoms with Gasteiger partial charge in [0.15, 0.2) is 28.9 Å². The van der Waals surface area contributed by atoms with Gasteiger partial charge >= 0.3 is 0 Å². The molecule has 10 nitrogen and oxygen atoms in total. The molecule has 0 saturated carbocycles. The maximum atomic E-state index is 6.86. The Balaban J connectivity index is 0.000000132. The third-order valence-electron chi connectivity index (χ3n) is 22.1. The molecule has 512 valence electrons. The van der Waals surface area contributed by atoms with Crippen molar-refractivity contribution in [2.24, 2.45) is 0 Å². The van der Waals surface area contributed by atoms with Crippen LogP contribution >= 0.6 is 11.3 Å². The second kappa shape index (κ2) is 24.5. The molecule has 0 aliphatic carbocycles. The molecule has 9 aromatic heterocycles. The zero-order valence-corrected chi connectivity index (χ0v) is 59.7. The third kappa shape index (κ3) is 9.64. The van der Waals surface area contributed by atoms with Gasteiger partial charge in [0.05, 0.1) is 54.4 Å². The minimum absolute atomic E-state index is 0.631. The lowest BCUT2D eigenvalue weighted by Gasteiger charge is -2.11. The van der Waals surface area contributed by atoms with Crippen LogP contribution < -0.4 is 0 Å². The second-order valence-corrected chi connectivity index (χ2v) is 29.4. The Bertz CT molecular complexity index is 7440. The van der Waals surface area contributed by atoms with Crippen LogP contribution in [0.2, 0.25) is 0 Å². The molecular weight excluding hydrogens is 1360 g/mol. The van der Waals surface area contributed by atoms with Crippen LogP contribution in [0.4, 0.5) is 0 Å². The Kier molecular flexibility index (Phi) is 13.7. The molecule has 0 atom stereocenters. The molecule has 110 heavy (non-hydrogen) atoms. The largest absolute Gasteiger partial charge is 0.450 e. The lowest BCUT2D eigenvalue weighted by molar-refractivity contribution is 0.662. The lowest BCUT2D eigenvalue weighted by Crippen LogP contribution is -2.02. The van der Waals surface area contributed by atoms with Crippen LogP contribution in [0.5, 0.6) is 0 Å². The van der Waals surface area contributed by atoms with Crippen LogP contribution in [0.15, 0.2) is 363 Å². The highest BCUT2D eigenvalue weighted by Crippen LogP contribution is 2.46. The van der Waals surface area contributed by atoms with E-state index in [1.54, 1.807) is 17.5 Å². The summed E-state index contributed by atoms with van der Waals surface area (Å²) in [5.74, 6) is 2.94. The highest BCUT2D eigenvalue weighted by molar-refractivity contribution is 7.26. The number of hydrogen-bond donors (Lipinski definition) is 0. The van der Waals surface area contributed by atoms with E-state index in [0.29, 0.717) is 23.0 Å². The smallest absolute Gasteiger partial charge is 0.197 e. The minimum atomic E-state index is 0.631. The fraction of sp³-hybridized carbons (Fsp3) is 0. The van der Waals surface area contributed by atoms with Crippen LogP contribution in [0.1, 0.15) is 0 Å². The summed E-state index contributed by atoms with van der Waals surface area (Å²) in [6.07, 6.45) is 3.67. The van der Waals surface area contributed by atoms with Crippen molar-refractivity contribution in [1.82, 2.24) is 43.2 Å². The van der Waals surface area contributed by atoms with Gasteiger partial charge in [-0.2, -0.15) is 0 Å². The molecule has 0 bridgehead atoms. The Morgan fingerprint density at radius 1 is 0.255 bits per heavy atom. The van der Waals surface area contributed by atoms with Crippen molar-refractivity contribution in [3.8, 4) is 68.0 Å². The SMILES string of the molecule is c1ccc(-c2ccc3c(c2)sc2c(-n4c5ccccc5c5cc6ccccc6cc54)nc(-c4ccc5c(c4)c4ccccc4n5-c4ccccc4)nc23)cc1.c1ccc(-n2c3ccccc3c3cc(-c4nc(-n5c6ccccc6c6cc7ccccc7cc65)c5oc6cc(-c7cccnc7)ccc6c5n4)ccc32)cc1. The first kappa shape index (κ1) is 61.6. The zero-order valence-electron chi connectivity index (χ0n) is 58.9. The first-order valence-electron chi connectivity index (χ1n) is 37.0. The molecule has 0 fully saturated rings. The standard InChI is InChI=1S/C50H30N4S.C49H29N5O/c1-3-13-31(14-4-1)34-23-25-39-46(30-34)55-48-47(39)51-49(35-24-26-44-40(28-35)37-19-9-11-21-42(37)53(44)36-17-5-2-6-18-36)52-50(48)54-43-22-12-10-20-38(43)41-27-32-15-7-8-16-33(32)29-45(41)54;1-2-14-35(15-3-1)53-41-18-8-6-16-36(41)39-26-33(21-23-43(39)53)48-51-46-38-22-20-32(34-13-10-24-50-29-34)28-45(38)55-47(46)49(52-48)54-42-19-9-7-17-37(42)40-25-30-11-4-5-12-31(30)27-44(40)54/h1-30H;1-29H. The first-order chi connectivity index (χ1) is 54.5. The molecule has 24 rings (SSSR count). The Hall–Kier alpha value is -14.7. The van der Waals surface area contributed by atoms with Crippen molar-refractivity contribution in [1.29, 1.82) is 0 Å². The lowest BCUT2D eigenvalue weighted by atomic mass is 10.0. The quantitative estimate of drug-likeness (QED) is 0.150. The maximum absolute atomic E-state index is 6.86. The van der Waals surface area contributed by atoms with Crippen LogP contribution in [0, 0.1) is 0 Å². The number of benzene rings is 15. The molecule has 0 aliphatic rings. The van der Waals surface area contributed by atoms with Gasteiger partial charge in [-0.05, 0) is 172 Å². The van der Waals surface area contributed by atoms with Crippen molar-refractivity contribution in [2.45, 2.75) is 0 Å². The average molecular weight is 1420 g/mol. The molecule has 0 unspecified atom stereocenters. The van der Waals surface area contributed by atoms with Crippen LogP contribution in [0.25, 0.3) is 219 Å². The van der Waals surface area contributed by atoms with Gasteiger partial charge in [-0.1, -0.05) is 212 Å². The van der Waals surface area contributed by atoms with Crippen molar-refractivity contribution in [3.63, 3.8) is 0 Å². The molecule has 9 heterocycles. The maximum Gasteiger partial charge on any atom is 0.197 e. The van der Waals surface area contributed by atoms with Crippen LogP contribution in [-0.2, 0) is 0 Å². The summed E-state index contributed by atoms with van der Waals surface area (Å²) >= 11 is 1.78. The third-order valence-corrected chi connectivity index (χ3v) is 23.2. The second-order valence-electron chi connectivity index (χ2n) is 28.3. The van der Waals surface area contributed by atoms with Gasteiger partial charge in [-0.15, -0.1) is 11.3 Å². The molecule has 11 heteroatoms. The average Bonchev–Trinajstić information content (AvgIpc) is 1.56. The number of fused-ring (bicyclic) bond motifs is 20. The van der Waals surface area contributed by atoms with Crippen molar-refractivity contribution >= 4 is 162 Å². The topological polar surface area (TPSA) is 97.3 Å². The molecule has 0 radical (unpaired) electrons. The summed E-state index contributed by atoms with van der Waals surface area (Å²) in [6, 6.07) is 123. The van der Waals surface area contributed by atoms with Crippen molar-refractivity contribution < 1.29 is 4.42 Å². The summed E-state index contributed by atoms with van der Waals surface area (Å²) < 4.78 is 18.4. The minimum Gasteiger partial charge on any atom is -0.450 e. The number of nitrogens with zero attached hydrogens (tertiary/aromatic N) is 9. The molecule has 0 aliphatic heterocycles. The highest BCUT2D eigenvalue weighted by atomic mass is 32.1. The molecule has 0 amide bonds. The summed E-state index contributed by atoms with van der Waals surface area (Å²) in [5.41, 5.74) is 20.7. The van der Waals surface area contributed by atoms with Crippen molar-refractivity contribution in [3.05, 3.63) is 358 Å². The van der Waals surface area contributed by atoms with Crippen molar-refractivity contribution in [2.75, 3.05) is 0 Å². The van der Waals surface area contributed by atoms with E-state index in [1.807, 2.05) is 12.3 Å². The monoisotopic (exact) mass is 1420 g/mol. The van der Waals surface area contributed by atoms with Gasteiger partial charge in [0, 0.05) is 99.0 Å². The molecule has 0 N–H and O–H groups in total. The van der Waals surface area contributed by atoms with Crippen LogP contribution in [0.3, 0.4) is 0 Å². The van der Waals surface area contributed by atoms with E-state index in [4.69, 9.17) is 24.4 Å². The van der Waals surface area contributed by atoms with Gasteiger partial charge in [0.25, 0.3) is 0 Å². The number of hydrogen-bond acceptors (Lipinski definition) is 7. The summed E-state index contributed by atoms with van der Waals surface area (Å²) in [5, 5.41) is 16.3. The predicted molar refractivity (Wildman–Crippen MR) is 456 cm³/mol. The van der Waals surface area contributed by atoms with Gasteiger partial charge in [-0.25, -0.2) is 19.9 Å². The van der Waals surface area contributed by atoms with Gasteiger partial charge < -0.3 is 13.6 Å². The Morgan fingerprint density at radius 2 is 0.673 bits per heavy atom. The molecule has 24 aromatic rings. The van der Waals surface area contributed by atoms with Crippen LogP contribution in [-0.4, -0.2) is 43.2 Å². The zero-order chi connectivity index (χ0) is 72.1. The Morgan fingerprint density at radius 3 is 1.21 bits per heavy atom. The van der Waals surface area contributed by atoms with E-state index in [0.717, 1.165) is 132 Å². The Labute approximate surface area is 632 Å². The van der Waals surface area contributed by atoms with E-state index >= 15 is 0 Å². The van der Waals surface area contributed by atoms with E-state index in [-0.39, 0.29) is 0 Å². The summed E-state index contributed by atoms with van der Waals surface area (Å²) in [4.78, 5) is 26.2. The fourth-order valence-corrected chi connectivity index (χ4v) is 18.2. The van der Waals surface area contributed by atoms with Gasteiger partial charge in [-0.3, -0.25) is 14.1 Å². The number of thiophene rings is 1. The van der Waals surface area contributed by atoms with E-state index in [2.05, 4.69) is 363 Å². The highest BCUT2D eigenvalue weighted by Gasteiger charge is 2.27. The fourth-order valence-electron chi connectivity index (χ4n) is 17.0. The molecule has 15 aromatic carbocycles. The number of furan rings is 1. The predicted octanol–water partition coefficient (Wildman–Crippen LogP) is 26.0. The number of aromatic nitrogens is 9. The normalized spacial score (nSPS) is 12.0. The number of pyridine rings is 1. The number of para-hydroxylation sites is 6. The number of rotatable bonds is 8. The van der Waals surface area contributed by atoms with E-state index in [1.165, 1.54) is 64.4 Å². The molecule has 0 spiro atoms. The summed E-state index contributed by atoms with van der Waals surface area (Å²) in [6.45, 7) is 0. The molecule has 0 saturated heterocycles. The summed E-state index contributed by atoms with van der Waals surface area (Å²) in [7, 11) is 0. The van der Waals surface area contributed by atoms with E-state index < -0.39 is 0 Å². The van der Waals surface area contributed by atoms with Gasteiger partial charge in [0.2, 0.25) is 0 Å². The van der Waals surface area contributed by atoms with Gasteiger partial charge in [0.1, 0.15) is 11.1 Å². The van der Waals surface area contributed by atoms with E-state index in [9.17, 15) is 0 Å². The molecular formula is C99H59N9OS.